The molecule has 1 aliphatic heterocycles. The summed E-state index contributed by atoms with van der Waals surface area (Å²) in [6.45, 7) is 7.52. The van der Waals surface area contributed by atoms with Gasteiger partial charge in [-0.3, -0.25) is 14.5 Å². The van der Waals surface area contributed by atoms with Crippen LogP contribution in [0.1, 0.15) is 26.2 Å². The Balaban J connectivity index is 1.48. The van der Waals surface area contributed by atoms with E-state index in [0.29, 0.717) is 24.9 Å². The quantitative estimate of drug-likeness (QED) is 0.642. The van der Waals surface area contributed by atoms with Crippen LogP contribution >= 0.6 is 0 Å². The molecule has 1 amide bonds. The molecule has 0 saturated carbocycles. The van der Waals surface area contributed by atoms with Gasteiger partial charge in [0.15, 0.2) is 0 Å². The summed E-state index contributed by atoms with van der Waals surface area (Å²) in [4.78, 5) is 29.8. The third kappa shape index (κ3) is 3.79. The van der Waals surface area contributed by atoms with Gasteiger partial charge in [-0.1, -0.05) is 25.1 Å². The average Bonchev–Trinajstić information content (AvgIpc) is 3.06. The van der Waals surface area contributed by atoms with Crippen molar-refractivity contribution in [3.63, 3.8) is 0 Å². The van der Waals surface area contributed by atoms with Crippen LogP contribution in [0.3, 0.4) is 0 Å². The van der Waals surface area contributed by atoms with Gasteiger partial charge in [0, 0.05) is 62.5 Å². The highest BCUT2D eigenvalue weighted by Gasteiger charge is 2.20. The van der Waals surface area contributed by atoms with Crippen LogP contribution in [0, 0.1) is 0 Å². The van der Waals surface area contributed by atoms with Gasteiger partial charge in [-0.2, -0.15) is 5.10 Å². The fourth-order valence-corrected chi connectivity index (χ4v) is 4.36. The van der Waals surface area contributed by atoms with Crippen molar-refractivity contribution in [3.8, 4) is 0 Å². The number of para-hydroxylation sites is 1. The topological polar surface area (TPSA) is 63.4 Å². The number of aryl methyl sites for hydroxylation is 2. The Bertz CT molecular complexity index is 1080. The molecule has 2 aromatic heterocycles. The second kappa shape index (κ2) is 8.37. The average molecular weight is 396 g/mol. The molecule has 1 aromatic carbocycles. The van der Waals surface area contributed by atoms with Gasteiger partial charge in [-0.25, -0.2) is 4.68 Å². The van der Waals surface area contributed by atoms with Crippen LogP contribution < -0.4 is 5.56 Å². The molecule has 7 nitrogen and oxygen atoms in total. The Hall–Kier alpha value is -2.67. The molecule has 29 heavy (non-hydrogen) atoms. The largest absolute Gasteiger partial charge is 0.340 e. The normalized spacial score (nSPS) is 15.4. The first-order valence-corrected chi connectivity index (χ1v) is 10.5. The molecule has 1 fully saturated rings. The van der Waals surface area contributed by atoms with Crippen molar-refractivity contribution in [1.82, 2.24) is 24.1 Å². The number of fused-ring (bicyclic) bond motifs is 3. The number of benzene rings is 1. The Morgan fingerprint density at radius 3 is 2.59 bits per heavy atom. The Labute approximate surface area is 170 Å². The van der Waals surface area contributed by atoms with Crippen LogP contribution in [0.15, 0.2) is 35.3 Å². The van der Waals surface area contributed by atoms with Crippen LogP contribution in [0.5, 0.6) is 0 Å². The molecule has 4 rings (SSSR count). The third-order valence-electron chi connectivity index (χ3n) is 5.90. The lowest BCUT2D eigenvalue weighted by molar-refractivity contribution is -0.133. The summed E-state index contributed by atoms with van der Waals surface area (Å²) in [6, 6.07) is 8.02. The molecule has 154 valence electrons. The Kier molecular flexibility index (Phi) is 5.67. The second-order valence-electron chi connectivity index (χ2n) is 7.83. The number of aromatic nitrogens is 3. The first-order chi connectivity index (χ1) is 14.1. The summed E-state index contributed by atoms with van der Waals surface area (Å²) >= 11 is 0. The molecule has 1 aliphatic rings. The first-order valence-electron chi connectivity index (χ1n) is 10.5. The van der Waals surface area contributed by atoms with Gasteiger partial charge in [-0.15, -0.1) is 0 Å². The minimum absolute atomic E-state index is 0.0999. The van der Waals surface area contributed by atoms with Gasteiger partial charge in [0.05, 0.1) is 6.20 Å². The van der Waals surface area contributed by atoms with Crippen molar-refractivity contribution < 1.29 is 4.79 Å². The smallest absolute Gasteiger partial charge is 0.291 e. The van der Waals surface area contributed by atoms with Crippen LogP contribution in [0.25, 0.3) is 21.8 Å². The molecule has 0 atom stereocenters. The van der Waals surface area contributed by atoms with E-state index in [1.54, 1.807) is 13.2 Å². The molecule has 1 saturated heterocycles. The number of piperazine rings is 1. The lowest BCUT2D eigenvalue weighted by atomic mass is 10.2. The molecule has 0 unspecified atom stereocenters. The number of hydrogen-bond donors (Lipinski definition) is 0. The summed E-state index contributed by atoms with van der Waals surface area (Å²) in [5.74, 6) is 0.219. The van der Waals surface area contributed by atoms with Crippen LogP contribution in [-0.2, 0) is 18.4 Å². The summed E-state index contributed by atoms with van der Waals surface area (Å²) < 4.78 is 3.43. The highest BCUT2D eigenvalue weighted by molar-refractivity contribution is 6.07. The molecule has 0 N–H and O–H groups in total. The van der Waals surface area contributed by atoms with Gasteiger partial charge in [-0.05, 0) is 25.5 Å². The maximum absolute atomic E-state index is 12.7. The van der Waals surface area contributed by atoms with Crippen molar-refractivity contribution in [2.24, 2.45) is 7.05 Å². The standard InChI is InChI=1S/C22H29N5O2/c1-3-10-25-12-14-26(15-13-25)20(28)9-6-11-27-19-8-5-4-7-17(19)18-16-23-24(2)22(29)21(18)27/h4-5,7-8,16H,3,6,9-15H2,1-2H3. The number of carbonyl (C=O) groups is 1. The van der Waals surface area contributed by atoms with E-state index in [9.17, 15) is 9.59 Å². The molecule has 0 spiro atoms. The van der Waals surface area contributed by atoms with E-state index in [1.807, 2.05) is 29.2 Å². The van der Waals surface area contributed by atoms with Crippen molar-refractivity contribution in [1.29, 1.82) is 0 Å². The second-order valence-corrected chi connectivity index (χ2v) is 7.83. The number of hydrogen-bond acceptors (Lipinski definition) is 4. The van der Waals surface area contributed by atoms with E-state index in [4.69, 9.17) is 0 Å². The van der Waals surface area contributed by atoms with E-state index in [-0.39, 0.29) is 11.5 Å². The van der Waals surface area contributed by atoms with Crippen LogP contribution in [0.4, 0.5) is 0 Å². The third-order valence-corrected chi connectivity index (χ3v) is 5.90. The zero-order chi connectivity index (χ0) is 20.4. The highest BCUT2D eigenvalue weighted by Crippen LogP contribution is 2.26. The molecule has 3 heterocycles. The molecule has 0 bridgehead atoms. The molecule has 0 radical (unpaired) electrons. The van der Waals surface area contributed by atoms with Crippen LogP contribution in [-0.4, -0.2) is 62.8 Å². The van der Waals surface area contributed by atoms with Gasteiger partial charge in [0.1, 0.15) is 5.52 Å². The van der Waals surface area contributed by atoms with E-state index in [2.05, 4.69) is 21.5 Å². The predicted octanol–water partition coefficient (Wildman–Crippen LogP) is 2.22. The maximum Gasteiger partial charge on any atom is 0.291 e. The lowest BCUT2D eigenvalue weighted by Gasteiger charge is -2.34. The highest BCUT2D eigenvalue weighted by atomic mass is 16.2. The maximum atomic E-state index is 12.7. The zero-order valence-electron chi connectivity index (χ0n) is 17.3. The summed E-state index contributed by atoms with van der Waals surface area (Å²) in [6.07, 6.45) is 4.14. The summed E-state index contributed by atoms with van der Waals surface area (Å²) in [5, 5.41) is 6.10. The van der Waals surface area contributed by atoms with Crippen molar-refractivity contribution in [2.45, 2.75) is 32.7 Å². The van der Waals surface area contributed by atoms with Gasteiger partial charge in [0.25, 0.3) is 5.56 Å². The number of amides is 1. The molecule has 0 aliphatic carbocycles. The minimum Gasteiger partial charge on any atom is -0.340 e. The fourth-order valence-electron chi connectivity index (χ4n) is 4.36. The predicted molar refractivity (Wildman–Crippen MR) is 115 cm³/mol. The van der Waals surface area contributed by atoms with E-state index < -0.39 is 0 Å². The summed E-state index contributed by atoms with van der Waals surface area (Å²) in [7, 11) is 1.67. The van der Waals surface area contributed by atoms with Crippen LogP contribution in [0.2, 0.25) is 0 Å². The van der Waals surface area contributed by atoms with Crippen molar-refractivity contribution in [2.75, 3.05) is 32.7 Å². The van der Waals surface area contributed by atoms with E-state index in [0.717, 1.165) is 55.4 Å². The number of rotatable bonds is 6. The monoisotopic (exact) mass is 395 g/mol. The van der Waals surface area contributed by atoms with E-state index >= 15 is 0 Å². The van der Waals surface area contributed by atoms with Gasteiger partial charge in [0.2, 0.25) is 5.91 Å². The molecule has 7 heteroatoms. The Morgan fingerprint density at radius 1 is 1.07 bits per heavy atom. The molecule has 3 aromatic rings. The first kappa shape index (κ1) is 19.6. The van der Waals surface area contributed by atoms with Crippen molar-refractivity contribution in [3.05, 3.63) is 40.8 Å². The van der Waals surface area contributed by atoms with Crippen molar-refractivity contribution >= 4 is 27.7 Å². The number of carbonyl (C=O) groups excluding carboxylic acids is 1. The summed E-state index contributed by atoms with van der Waals surface area (Å²) in [5.41, 5.74) is 1.59. The molecular weight excluding hydrogens is 366 g/mol. The zero-order valence-corrected chi connectivity index (χ0v) is 17.3. The number of nitrogens with zero attached hydrogens (tertiary/aromatic N) is 5. The minimum atomic E-state index is -0.0999. The lowest BCUT2D eigenvalue weighted by Crippen LogP contribution is -2.48. The fraction of sp³-hybridized carbons (Fsp3) is 0.500. The van der Waals surface area contributed by atoms with Gasteiger partial charge >= 0.3 is 0 Å². The SMILES string of the molecule is CCCN1CCN(C(=O)CCCn2c3ccccc3c3cnn(C)c(=O)c32)CC1. The Morgan fingerprint density at radius 2 is 1.83 bits per heavy atom. The van der Waals surface area contributed by atoms with E-state index in [1.165, 1.54) is 4.68 Å². The van der Waals surface area contributed by atoms with Gasteiger partial charge < -0.3 is 9.47 Å². The molecular formula is C22H29N5O2.